The van der Waals surface area contributed by atoms with Crippen molar-refractivity contribution in [1.82, 2.24) is 15.0 Å². The van der Waals surface area contributed by atoms with Crippen LogP contribution < -0.4 is 35.3 Å². The second kappa shape index (κ2) is 3.77. The molecule has 1 aromatic rings. The molecule has 1 heterocycles. The minimum absolute atomic E-state index is 0. The van der Waals surface area contributed by atoms with Crippen LogP contribution in [0, 0.1) is 0 Å². The first-order chi connectivity index (χ1) is 3.39. The van der Waals surface area contributed by atoms with Crippen molar-refractivity contribution in [2.75, 3.05) is 5.73 Å². The molecule has 8 heavy (non-hydrogen) atoms. The van der Waals surface area contributed by atoms with Crippen molar-refractivity contribution in [3.8, 4) is 0 Å². The third-order valence-electron chi connectivity index (χ3n) is 0.513. The van der Waals surface area contributed by atoms with Crippen LogP contribution in [0.4, 0.5) is 5.95 Å². The predicted molar refractivity (Wildman–Crippen MR) is 25.4 cm³/mol. The summed E-state index contributed by atoms with van der Waals surface area (Å²) in [5.41, 5.74) is 5.10. The molecule has 0 saturated carbocycles. The zero-order valence-electron chi connectivity index (χ0n) is 5.57. The van der Waals surface area contributed by atoms with E-state index in [2.05, 4.69) is 15.0 Å². The summed E-state index contributed by atoms with van der Waals surface area (Å²) >= 11 is 0. The van der Waals surface area contributed by atoms with Crippen molar-refractivity contribution in [3.63, 3.8) is 0 Å². The van der Waals surface area contributed by atoms with Gasteiger partial charge in [-0.3, -0.25) is 0 Å². The smallest absolute Gasteiger partial charge is 1.00 e. The van der Waals surface area contributed by atoms with Crippen molar-refractivity contribution in [2.24, 2.45) is 0 Å². The first-order valence-corrected chi connectivity index (χ1v) is 1.77. The maximum absolute atomic E-state index is 5.10. The molecule has 0 saturated heterocycles. The van der Waals surface area contributed by atoms with Crippen LogP contribution in [0.1, 0.15) is 1.43 Å². The molecule has 0 aliphatic heterocycles. The fraction of sp³-hybridized carbons (Fsp3) is 0. The third-order valence-corrected chi connectivity index (χ3v) is 0.513. The summed E-state index contributed by atoms with van der Waals surface area (Å²) in [6.07, 6.45) is 2.70. The average Bonchev–Trinajstić information content (AvgIpc) is 1.69. The Hall–Kier alpha value is -0.190. The molecule has 38 valence electrons. The summed E-state index contributed by atoms with van der Waals surface area (Å²) in [6.45, 7) is 0. The van der Waals surface area contributed by atoms with Crippen LogP contribution in [-0.4, -0.2) is 15.0 Å². The second-order valence-electron chi connectivity index (χ2n) is 0.996. The van der Waals surface area contributed by atoms with Crippen molar-refractivity contribution in [3.05, 3.63) is 12.7 Å². The van der Waals surface area contributed by atoms with Crippen LogP contribution in [0.3, 0.4) is 0 Å². The number of hydrogen-bond donors (Lipinski definition) is 1. The van der Waals surface area contributed by atoms with Crippen LogP contribution in [0.15, 0.2) is 12.7 Å². The number of anilines is 1. The van der Waals surface area contributed by atoms with Crippen LogP contribution >= 0.6 is 0 Å². The van der Waals surface area contributed by atoms with Gasteiger partial charge in [0.1, 0.15) is 12.7 Å². The molecule has 1 rings (SSSR count). The molecule has 0 amide bonds. The van der Waals surface area contributed by atoms with Crippen LogP contribution in [-0.2, 0) is 0 Å². The van der Waals surface area contributed by atoms with Crippen LogP contribution in [0.25, 0.3) is 0 Å². The molecule has 0 radical (unpaired) electrons. The number of nitrogens with zero attached hydrogens (tertiary/aromatic N) is 3. The summed E-state index contributed by atoms with van der Waals surface area (Å²) in [5.74, 6) is 0.259. The Labute approximate surface area is 70.3 Å². The molecule has 0 unspecified atom stereocenters. The Bertz CT molecular complexity index is 146. The van der Waals surface area contributed by atoms with E-state index < -0.39 is 0 Å². The molecular weight excluding hydrogens is 115 g/mol. The van der Waals surface area contributed by atoms with Gasteiger partial charge in [0, 0.05) is 0 Å². The van der Waals surface area contributed by atoms with E-state index in [4.69, 9.17) is 5.73 Å². The summed E-state index contributed by atoms with van der Waals surface area (Å²) in [5, 5.41) is 0. The van der Waals surface area contributed by atoms with Gasteiger partial charge >= 0.3 is 29.6 Å². The van der Waals surface area contributed by atoms with Crippen molar-refractivity contribution < 1.29 is 31.0 Å². The molecule has 4 nitrogen and oxygen atoms in total. The molecule has 0 aromatic carbocycles. The van der Waals surface area contributed by atoms with Gasteiger partial charge < -0.3 is 7.16 Å². The first-order valence-electron chi connectivity index (χ1n) is 1.77. The fourth-order valence-electron chi connectivity index (χ4n) is 0.248. The molecule has 0 atom stereocenters. The number of hydrogen-bond acceptors (Lipinski definition) is 4. The van der Waals surface area contributed by atoms with Gasteiger partial charge in [0.25, 0.3) is 0 Å². The largest absolute Gasteiger partial charge is 1.00 e. The first kappa shape index (κ1) is 7.81. The van der Waals surface area contributed by atoms with E-state index in [1.165, 1.54) is 12.7 Å². The van der Waals surface area contributed by atoms with Crippen molar-refractivity contribution in [2.45, 2.75) is 0 Å². The maximum Gasteiger partial charge on any atom is 1.00 e. The molecule has 0 spiro atoms. The second-order valence-corrected chi connectivity index (χ2v) is 0.996. The summed E-state index contributed by atoms with van der Waals surface area (Å²) in [4.78, 5) is 10.6. The number of nitrogens with two attached hydrogens (primary N) is 1. The number of rotatable bonds is 0. The van der Waals surface area contributed by atoms with Gasteiger partial charge in [-0.1, -0.05) is 0 Å². The van der Waals surface area contributed by atoms with E-state index in [-0.39, 0.29) is 36.9 Å². The molecule has 5 heteroatoms. The third kappa shape index (κ3) is 2.20. The molecule has 0 aliphatic carbocycles. The van der Waals surface area contributed by atoms with Gasteiger partial charge in [-0.2, -0.15) is 0 Å². The molecule has 0 bridgehead atoms. The van der Waals surface area contributed by atoms with E-state index in [0.717, 1.165) is 0 Å². The summed E-state index contributed by atoms with van der Waals surface area (Å²) < 4.78 is 0. The molecule has 0 aliphatic rings. The number of nitrogen functional groups attached to an aromatic ring is 1. The van der Waals surface area contributed by atoms with E-state index in [1.807, 2.05) is 0 Å². The van der Waals surface area contributed by atoms with Crippen LogP contribution in [0.5, 0.6) is 0 Å². The standard InChI is InChI=1S/C3H4N4.Na.H/c4-3-6-1-5-2-7-3;;/h1-2H,(H2,4,5,6,7);;/q;+1;-1. The Balaban J connectivity index is 0. The molecule has 1 aromatic heterocycles. The Kier molecular flexibility index (Phi) is 3.68. The Morgan fingerprint density at radius 1 is 1.38 bits per heavy atom. The van der Waals surface area contributed by atoms with E-state index >= 15 is 0 Å². The summed E-state index contributed by atoms with van der Waals surface area (Å²) in [7, 11) is 0. The molecule has 2 N–H and O–H groups in total. The van der Waals surface area contributed by atoms with Gasteiger partial charge in [-0.15, -0.1) is 0 Å². The van der Waals surface area contributed by atoms with Crippen molar-refractivity contribution in [1.29, 1.82) is 0 Å². The summed E-state index contributed by atoms with van der Waals surface area (Å²) in [6, 6.07) is 0. The van der Waals surface area contributed by atoms with Gasteiger partial charge in [-0.05, 0) is 0 Å². The predicted octanol–water partition coefficient (Wildman–Crippen LogP) is -3.43. The topological polar surface area (TPSA) is 64.7 Å². The zero-order chi connectivity index (χ0) is 5.11. The molecule has 0 fully saturated rings. The minimum Gasteiger partial charge on any atom is -1.00 e. The van der Waals surface area contributed by atoms with Crippen molar-refractivity contribution >= 4 is 5.95 Å². The van der Waals surface area contributed by atoms with Gasteiger partial charge in [0.2, 0.25) is 5.95 Å². The normalized spacial score (nSPS) is 7.50. The Morgan fingerprint density at radius 2 is 1.88 bits per heavy atom. The monoisotopic (exact) mass is 120 g/mol. The zero-order valence-corrected chi connectivity index (χ0v) is 6.57. The minimum atomic E-state index is 0. The van der Waals surface area contributed by atoms with Gasteiger partial charge in [-0.25, -0.2) is 15.0 Å². The van der Waals surface area contributed by atoms with E-state index in [1.54, 1.807) is 0 Å². The van der Waals surface area contributed by atoms with E-state index in [9.17, 15) is 0 Å². The Morgan fingerprint density at radius 3 is 2.12 bits per heavy atom. The molecular formula is C3H5N4Na. The van der Waals surface area contributed by atoms with Gasteiger partial charge in [0.05, 0.1) is 0 Å². The average molecular weight is 120 g/mol. The van der Waals surface area contributed by atoms with Crippen LogP contribution in [0.2, 0.25) is 0 Å². The number of aromatic nitrogens is 3. The SMILES string of the molecule is Nc1ncncn1.[H-].[Na+]. The van der Waals surface area contributed by atoms with E-state index in [0.29, 0.717) is 0 Å². The fourth-order valence-corrected chi connectivity index (χ4v) is 0.248. The maximum atomic E-state index is 5.10. The van der Waals surface area contributed by atoms with Gasteiger partial charge in [0.15, 0.2) is 0 Å². The quantitative estimate of drug-likeness (QED) is 0.362.